The van der Waals surface area contributed by atoms with Crippen LogP contribution in [0.4, 0.5) is 17.6 Å². The maximum absolute atomic E-state index is 13.4. The van der Waals surface area contributed by atoms with Crippen LogP contribution >= 0.6 is 0 Å². The Balaban J connectivity index is 1.28. The molecule has 2 saturated heterocycles. The lowest BCUT2D eigenvalue weighted by Gasteiger charge is -2.29. The van der Waals surface area contributed by atoms with Crippen molar-refractivity contribution in [1.29, 1.82) is 0 Å². The van der Waals surface area contributed by atoms with Crippen molar-refractivity contribution in [2.45, 2.75) is 44.1 Å². The molecule has 0 bridgehead atoms. The van der Waals surface area contributed by atoms with Gasteiger partial charge in [0.25, 0.3) is 0 Å². The van der Waals surface area contributed by atoms with E-state index < -0.39 is 0 Å². The predicted octanol–water partition coefficient (Wildman–Crippen LogP) is 1.86. The fourth-order valence-electron chi connectivity index (χ4n) is 4.80. The summed E-state index contributed by atoms with van der Waals surface area (Å²) in [6, 6.07) is 5.79. The molecule has 168 valence electrons. The van der Waals surface area contributed by atoms with E-state index in [1.165, 1.54) is 18.5 Å². The number of nitrogens with zero attached hydrogens (tertiary/aromatic N) is 6. The van der Waals surface area contributed by atoms with Crippen LogP contribution < -0.4 is 15.5 Å². The summed E-state index contributed by atoms with van der Waals surface area (Å²) in [4.78, 5) is 22.3. The summed E-state index contributed by atoms with van der Waals surface area (Å²) in [6.45, 7) is 4.17. The van der Waals surface area contributed by atoms with Crippen molar-refractivity contribution in [3.05, 3.63) is 30.1 Å². The third-order valence-electron chi connectivity index (χ3n) is 6.69. The third-order valence-corrected chi connectivity index (χ3v) is 6.69. The Labute approximate surface area is 186 Å². The van der Waals surface area contributed by atoms with Gasteiger partial charge in [0.1, 0.15) is 11.6 Å². The average molecular weight is 436 g/mol. The summed E-state index contributed by atoms with van der Waals surface area (Å²) < 4.78 is 1.83. The highest BCUT2D eigenvalue weighted by atomic mass is 16.2. The third kappa shape index (κ3) is 3.68. The first-order valence-corrected chi connectivity index (χ1v) is 11.7. The fraction of sp³-hybridized carbons (Fsp3) is 0.545. The normalized spacial score (nSPS) is 21.8. The Morgan fingerprint density at radius 1 is 1.12 bits per heavy atom. The van der Waals surface area contributed by atoms with Crippen molar-refractivity contribution in [2.75, 3.05) is 42.9 Å². The van der Waals surface area contributed by atoms with Gasteiger partial charge >= 0.3 is 0 Å². The number of fused-ring (bicyclic) bond motifs is 1. The van der Waals surface area contributed by atoms with Gasteiger partial charge in [-0.25, -0.2) is 4.52 Å². The number of carbonyl (C=O) groups excluding carboxylic acids is 1. The van der Waals surface area contributed by atoms with Gasteiger partial charge in [0.15, 0.2) is 11.6 Å². The van der Waals surface area contributed by atoms with Crippen LogP contribution in [0.3, 0.4) is 0 Å². The number of hydrogen-bond acceptors (Lipinski definition) is 7. The van der Waals surface area contributed by atoms with Crippen molar-refractivity contribution in [3.63, 3.8) is 0 Å². The molecule has 0 aromatic carbocycles. The highest BCUT2D eigenvalue weighted by molar-refractivity contribution is 5.85. The Hall–Kier alpha value is -3.14. The van der Waals surface area contributed by atoms with Crippen LogP contribution in [-0.4, -0.2) is 74.4 Å². The molecular formula is C22H29N9O. The number of nitrogens with one attached hydrogen (secondary N) is 3. The molecule has 3 fully saturated rings. The number of amides is 1. The molecule has 0 radical (unpaired) electrons. The lowest BCUT2D eigenvalue weighted by Crippen LogP contribution is -2.47. The number of aromatic nitrogens is 5. The molecule has 32 heavy (non-hydrogen) atoms. The molecule has 1 atom stereocenters. The molecule has 3 aromatic rings. The van der Waals surface area contributed by atoms with Crippen LogP contribution in [0.5, 0.6) is 0 Å². The second-order valence-corrected chi connectivity index (χ2v) is 8.99. The van der Waals surface area contributed by atoms with E-state index in [-0.39, 0.29) is 11.9 Å². The zero-order valence-electron chi connectivity index (χ0n) is 18.1. The average Bonchev–Trinajstić information content (AvgIpc) is 3.19. The van der Waals surface area contributed by atoms with E-state index in [0.717, 1.165) is 63.3 Å². The Morgan fingerprint density at radius 2 is 2.06 bits per heavy atom. The highest BCUT2D eigenvalue weighted by Gasteiger charge is 2.36. The van der Waals surface area contributed by atoms with Crippen molar-refractivity contribution in [1.82, 2.24) is 35.0 Å². The van der Waals surface area contributed by atoms with Crippen LogP contribution in [0.2, 0.25) is 0 Å². The summed E-state index contributed by atoms with van der Waals surface area (Å²) in [5.41, 5.74) is 2.05. The molecule has 3 aliphatic rings. The van der Waals surface area contributed by atoms with Crippen LogP contribution in [0, 0.1) is 0 Å². The van der Waals surface area contributed by atoms with E-state index in [2.05, 4.69) is 31.8 Å². The summed E-state index contributed by atoms with van der Waals surface area (Å²) in [6.07, 6.45) is 7.15. The number of H-pyrrole nitrogens is 1. The van der Waals surface area contributed by atoms with Crippen LogP contribution in [0.25, 0.3) is 5.52 Å². The zero-order chi connectivity index (χ0) is 21.5. The first-order valence-electron chi connectivity index (χ1n) is 11.7. The van der Waals surface area contributed by atoms with Crippen molar-refractivity contribution >= 4 is 29.0 Å². The van der Waals surface area contributed by atoms with E-state index in [0.29, 0.717) is 17.7 Å². The van der Waals surface area contributed by atoms with Gasteiger partial charge in [-0.15, -0.1) is 5.10 Å². The summed E-state index contributed by atoms with van der Waals surface area (Å²) in [7, 11) is 0. The maximum Gasteiger partial charge on any atom is 0.246 e. The molecule has 10 nitrogen and oxygen atoms in total. The largest absolute Gasteiger partial charge is 0.340 e. The minimum absolute atomic E-state index is 0.193. The van der Waals surface area contributed by atoms with Crippen molar-refractivity contribution in [3.8, 4) is 0 Å². The van der Waals surface area contributed by atoms with E-state index in [1.54, 1.807) is 0 Å². The minimum Gasteiger partial charge on any atom is -0.340 e. The number of aromatic amines is 1. The topological polar surface area (TPSA) is 106 Å². The van der Waals surface area contributed by atoms with Crippen LogP contribution in [0.1, 0.15) is 43.7 Å². The van der Waals surface area contributed by atoms with Gasteiger partial charge in [0, 0.05) is 50.1 Å². The van der Waals surface area contributed by atoms with E-state index in [4.69, 9.17) is 10.1 Å². The fourth-order valence-corrected chi connectivity index (χ4v) is 4.80. The first kappa shape index (κ1) is 19.5. The number of anilines is 3. The number of rotatable bonds is 5. The second kappa shape index (κ2) is 8.09. The molecule has 3 aromatic heterocycles. The summed E-state index contributed by atoms with van der Waals surface area (Å²) in [5.74, 6) is 2.84. The standard InChI is InChI=1S/C22H29N9O/c32-21(29-10-3-8-23-9-13-29)18-5-1-11-30(18)22-25-20(17-4-2-12-31(17)28-22)24-19-14-16(26-27-19)15-6-7-15/h2,4,12,14-15,18,23H,1,3,5-11,13H2,(H2,24,25,26,27,28). The molecular weight excluding hydrogens is 406 g/mol. The lowest BCUT2D eigenvalue weighted by molar-refractivity contribution is -0.132. The lowest BCUT2D eigenvalue weighted by atomic mass is 10.2. The Kier molecular flexibility index (Phi) is 4.94. The molecule has 2 aliphatic heterocycles. The van der Waals surface area contributed by atoms with Gasteiger partial charge in [-0.2, -0.15) is 10.1 Å². The van der Waals surface area contributed by atoms with Gasteiger partial charge in [-0.05, 0) is 50.8 Å². The molecule has 1 saturated carbocycles. The quantitative estimate of drug-likeness (QED) is 0.562. The SMILES string of the molecule is O=C(C1CCCN1c1nc(Nc2cc(C3CC3)[nH]n2)c2cccn2n1)N1CCCNCC1. The second-order valence-electron chi connectivity index (χ2n) is 8.99. The molecule has 1 unspecified atom stereocenters. The van der Waals surface area contributed by atoms with Crippen LogP contribution in [-0.2, 0) is 4.79 Å². The van der Waals surface area contributed by atoms with Gasteiger partial charge in [0.05, 0.1) is 0 Å². The smallest absolute Gasteiger partial charge is 0.246 e. The van der Waals surface area contributed by atoms with E-state index in [1.807, 2.05) is 27.7 Å². The molecule has 10 heteroatoms. The van der Waals surface area contributed by atoms with Gasteiger partial charge in [-0.1, -0.05) is 0 Å². The Bertz CT molecular complexity index is 1110. The molecule has 5 heterocycles. The molecule has 3 N–H and O–H groups in total. The summed E-state index contributed by atoms with van der Waals surface area (Å²) in [5, 5.41) is 19.0. The van der Waals surface area contributed by atoms with Gasteiger partial charge in [-0.3, -0.25) is 9.89 Å². The molecule has 1 amide bonds. The number of hydrogen-bond donors (Lipinski definition) is 3. The van der Waals surface area contributed by atoms with Crippen molar-refractivity contribution < 1.29 is 4.79 Å². The Morgan fingerprint density at radius 3 is 2.97 bits per heavy atom. The zero-order valence-corrected chi connectivity index (χ0v) is 18.1. The van der Waals surface area contributed by atoms with E-state index >= 15 is 0 Å². The van der Waals surface area contributed by atoms with Crippen LogP contribution in [0.15, 0.2) is 24.4 Å². The molecule has 6 rings (SSSR count). The van der Waals surface area contributed by atoms with Crippen molar-refractivity contribution in [2.24, 2.45) is 0 Å². The first-order chi connectivity index (χ1) is 15.8. The monoisotopic (exact) mass is 435 g/mol. The molecule has 0 spiro atoms. The van der Waals surface area contributed by atoms with Gasteiger partial charge in [0.2, 0.25) is 11.9 Å². The maximum atomic E-state index is 13.4. The summed E-state index contributed by atoms with van der Waals surface area (Å²) >= 11 is 0. The number of carbonyl (C=O) groups is 1. The highest BCUT2D eigenvalue weighted by Crippen LogP contribution is 2.39. The van der Waals surface area contributed by atoms with E-state index in [9.17, 15) is 4.79 Å². The minimum atomic E-state index is -0.208. The predicted molar refractivity (Wildman–Crippen MR) is 121 cm³/mol. The molecule has 1 aliphatic carbocycles. The van der Waals surface area contributed by atoms with Gasteiger partial charge < -0.3 is 20.4 Å².